The van der Waals surface area contributed by atoms with Crippen LogP contribution in [0.4, 0.5) is 0 Å². The fourth-order valence-corrected chi connectivity index (χ4v) is 2.24. The summed E-state index contributed by atoms with van der Waals surface area (Å²) in [7, 11) is 0. The molecule has 19 heavy (non-hydrogen) atoms. The highest BCUT2D eigenvalue weighted by Crippen LogP contribution is 2.14. The monoisotopic (exact) mass is 285 g/mol. The molecular formula is C13H23N3O2S. The molecule has 0 saturated heterocycles. The van der Waals surface area contributed by atoms with Crippen LogP contribution in [0.25, 0.3) is 0 Å². The van der Waals surface area contributed by atoms with Crippen molar-refractivity contribution in [3.05, 3.63) is 11.4 Å². The second kappa shape index (κ2) is 8.19. The summed E-state index contributed by atoms with van der Waals surface area (Å²) < 4.78 is 6.88. The Hall–Kier alpha value is -1.04. The average molecular weight is 285 g/mol. The highest BCUT2D eigenvalue weighted by molar-refractivity contribution is 7.98. The maximum Gasteiger partial charge on any atom is 0.360 e. The van der Waals surface area contributed by atoms with Gasteiger partial charge in [-0.15, -0.1) is 5.10 Å². The number of rotatable bonds is 8. The Labute approximate surface area is 119 Å². The molecule has 0 aliphatic rings. The van der Waals surface area contributed by atoms with Gasteiger partial charge in [-0.25, -0.2) is 9.48 Å². The van der Waals surface area contributed by atoms with E-state index in [1.807, 2.05) is 16.4 Å². The number of esters is 1. The lowest BCUT2D eigenvalue weighted by Crippen LogP contribution is -2.13. The quantitative estimate of drug-likeness (QED) is 0.542. The SMILES string of the molecule is CCOC(=O)c1nnn(CCCSC)c1CC(C)C. The van der Waals surface area contributed by atoms with Crippen LogP contribution in [0.3, 0.4) is 0 Å². The Bertz CT molecular complexity index is 405. The van der Waals surface area contributed by atoms with Crippen LogP contribution in [0.1, 0.15) is 43.4 Å². The van der Waals surface area contributed by atoms with E-state index in [1.54, 1.807) is 6.92 Å². The summed E-state index contributed by atoms with van der Waals surface area (Å²) in [4.78, 5) is 11.8. The first kappa shape index (κ1) is 16.0. The van der Waals surface area contributed by atoms with Gasteiger partial charge in [0.05, 0.1) is 12.3 Å². The van der Waals surface area contributed by atoms with Gasteiger partial charge in [0.15, 0.2) is 5.69 Å². The van der Waals surface area contributed by atoms with Crippen molar-refractivity contribution in [1.29, 1.82) is 0 Å². The molecule has 0 saturated carbocycles. The molecule has 0 fully saturated rings. The summed E-state index contributed by atoms with van der Waals surface area (Å²) >= 11 is 1.81. The van der Waals surface area contributed by atoms with E-state index in [1.165, 1.54) is 0 Å². The van der Waals surface area contributed by atoms with Gasteiger partial charge in [0.2, 0.25) is 0 Å². The first-order valence-electron chi connectivity index (χ1n) is 6.68. The third-order valence-corrected chi connectivity index (χ3v) is 3.32. The maximum absolute atomic E-state index is 11.8. The second-order valence-electron chi connectivity index (χ2n) is 4.77. The molecular weight excluding hydrogens is 262 g/mol. The van der Waals surface area contributed by atoms with Crippen molar-refractivity contribution in [2.75, 3.05) is 18.6 Å². The molecule has 0 aromatic carbocycles. The third-order valence-electron chi connectivity index (χ3n) is 2.63. The summed E-state index contributed by atoms with van der Waals surface area (Å²) in [5.74, 6) is 1.16. The molecule has 0 aliphatic heterocycles. The van der Waals surface area contributed by atoms with E-state index < -0.39 is 0 Å². The van der Waals surface area contributed by atoms with E-state index in [0.717, 1.165) is 30.8 Å². The Balaban J connectivity index is 2.88. The second-order valence-corrected chi connectivity index (χ2v) is 5.76. The molecule has 1 aromatic heterocycles. The molecule has 5 nitrogen and oxygen atoms in total. The van der Waals surface area contributed by atoms with Gasteiger partial charge in [-0.1, -0.05) is 19.1 Å². The molecule has 108 valence electrons. The van der Waals surface area contributed by atoms with E-state index in [2.05, 4.69) is 30.4 Å². The number of ether oxygens (including phenoxy) is 1. The normalized spacial score (nSPS) is 11.0. The number of thioether (sulfide) groups is 1. The summed E-state index contributed by atoms with van der Waals surface area (Å²) in [6.45, 7) is 7.19. The van der Waals surface area contributed by atoms with Gasteiger partial charge in [0.25, 0.3) is 0 Å². The van der Waals surface area contributed by atoms with Gasteiger partial charge >= 0.3 is 5.97 Å². The smallest absolute Gasteiger partial charge is 0.360 e. The van der Waals surface area contributed by atoms with Crippen molar-refractivity contribution in [1.82, 2.24) is 15.0 Å². The summed E-state index contributed by atoms with van der Waals surface area (Å²) in [5, 5.41) is 8.10. The molecule has 1 heterocycles. The predicted octanol–water partition coefficient (Wildman–Crippen LogP) is 2.41. The number of nitrogens with zero attached hydrogens (tertiary/aromatic N) is 3. The molecule has 0 spiro atoms. The largest absolute Gasteiger partial charge is 0.461 e. The topological polar surface area (TPSA) is 57.0 Å². The summed E-state index contributed by atoms with van der Waals surface area (Å²) in [6, 6.07) is 0. The van der Waals surface area contributed by atoms with Crippen molar-refractivity contribution in [3.8, 4) is 0 Å². The highest BCUT2D eigenvalue weighted by Gasteiger charge is 2.21. The van der Waals surface area contributed by atoms with E-state index in [4.69, 9.17) is 4.74 Å². The lowest BCUT2D eigenvalue weighted by molar-refractivity contribution is 0.0517. The zero-order valence-corrected chi connectivity index (χ0v) is 13.0. The van der Waals surface area contributed by atoms with Crippen molar-refractivity contribution in [2.45, 2.75) is 40.2 Å². The van der Waals surface area contributed by atoms with E-state index in [-0.39, 0.29) is 5.97 Å². The molecule has 1 rings (SSSR count). The van der Waals surface area contributed by atoms with Crippen LogP contribution in [0.15, 0.2) is 0 Å². The van der Waals surface area contributed by atoms with Gasteiger partial charge in [-0.2, -0.15) is 11.8 Å². The summed E-state index contributed by atoms with van der Waals surface area (Å²) in [6.07, 6.45) is 3.90. The van der Waals surface area contributed by atoms with Crippen LogP contribution in [-0.4, -0.2) is 39.6 Å². The average Bonchev–Trinajstić information content (AvgIpc) is 2.72. The van der Waals surface area contributed by atoms with Gasteiger partial charge in [-0.05, 0) is 37.7 Å². The van der Waals surface area contributed by atoms with Gasteiger partial charge in [-0.3, -0.25) is 0 Å². The number of aromatic nitrogens is 3. The van der Waals surface area contributed by atoms with E-state index >= 15 is 0 Å². The molecule has 0 bridgehead atoms. The van der Waals surface area contributed by atoms with Gasteiger partial charge < -0.3 is 4.74 Å². The number of aryl methyl sites for hydroxylation is 1. The minimum absolute atomic E-state index is 0.360. The molecule has 0 amide bonds. The Morgan fingerprint density at radius 2 is 2.21 bits per heavy atom. The minimum atomic E-state index is -0.366. The summed E-state index contributed by atoms with van der Waals surface area (Å²) in [5.41, 5.74) is 1.27. The molecule has 0 atom stereocenters. The molecule has 0 N–H and O–H groups in total. The zero-order chi connectivity index (χ0) is 14.3. The first-order valence-corrected chi connectivity index (χ1v) is 8.07. The Kier molecular flexibility index (Phi) is 6.91. The standard InChI is InChI=1S/C13H23N3O2S/c1-5-18-13(17)12-11(9-10(2)3)16(15-14-12)7-6-8-19-4/h10H,5-9H2,1-4H3. The fourth-order valence-electron chi connectivity index (χ4n) is 1.82. The van der Waals surface area contributed by atoms with E-state index in [0.29, 0.717) is 18.2 Å². The van der Waals surface area contributed by atoms with Crippen LogP contribution < -0.4 is 0 Å². The van der Waals surface area contributed by atoms with Crippen LogP contribution in [-0.2, 0) is 17.7 Å². The van der Waals surface area contributed by atoms with Crippen LogP contribution in [0.2, 0.25) is 0 Å². The van der Waals surface area contributed by atoms with E-state index in [9.17, 15) is 4.79 Å². The molecule has 0 aliphatic carbocycles. The predicted molar refractivity (Wildman–Crippen MR) is 77.5 cm³/mol. The Morgan fingerprint density at radius 3 is 2.79 bits per heavy atom. The number of hydrogen-bond donors (Lipinski definition) is 0. The zero-order valence-electron chi connectivity index (χ0n) is 12.2. The first-order chi connectivity index (χ1) is 9.10. The lowest BCUT2D eigenvalue weighted by atomic mass is 10.1. The number of carbonyl (C=O) groups excluding carboxylic acids is 1. The third kappa shape index (κ3) is 4.86. The van der Waals surface area contributed by atoms with Crippen molar-refractivity contribution >= 4 is 17.7 Å². The van der Waals surface area contributed by atoms with Crippen molar-refractivity contribution in [3.63, 3.8) is 0 Å². The number of hydrogen-bond acceptors (Lipinski definition) is 5. The maximum atomic E-state index is 11.8. The Morgan fingerprint density at radius 1 is 1.47 bits per heavy atom. The molecule has 1 aromatic rings. The highest BCUT2D eigenvalue weighted by atomic mass is 32.2. The lowest BCUT2D eigenvalue weighted by Gasteiger charge is -2.09. The molecule has 0 radical (unpaired) electrons. The van der Waals surface area contributed by atoms with Gasteiger partial charge in [0, 0.05) is 6.54 Å². The fraction of sp³-hybridized carbons (Fsp3) is 0.769. The molecule has 6 heteroatoms. The van der Waals surface area contributed by atoms with Crippen LogP contribution in [0.5, 0.6) is 0 Å². The van der Waals surface area contributed by atoms with Crippen molar-refractivity contribution in [2.24, 2.45) is 5.92 Å². The van der Waals surface area contributed by atoms with Crippen LogP contribution >= 0.6 is 11.8 Å². The van der Waals surface area contributed by atoms with Gasteiger partial charge in [0.1, 0.15) is 0 Å². The van der Waals surface area contributed by atoms with Crippen molar-refractivity contribution < 1.29 is 9.53 Å². The minimum Gasteiger partial charge on any atom is -0.461 e. The van der Waals surface area contributed by atoms with Crippen LogP contribution in [0, 0.1) is 5.92 Å². The number of carbonyl (C=O) groups is 1. The molecule has 0 unspecified atom stereocenters.